The first-order chi connectivity index (χ1) is 5.79. The van der Waals surface area contributed by atoms with Crippen LogP contribution in [0.2, 0.25) is 0 Å². The maximum absolute atomic E-state index is 5.71. The maximum Gasteiger partial charge on any atom is 0.205 e. The number of hydrogen-bond donors (Lipinski definition) is 0. The quantitative estimate of drug-likeness (QED) is 0.520. The fourth-order valence-corrected chi connectivity index (χ4v) is 1.17. The smallest absolute Gasteiger partial charge is 0.205 e. The van der Waals surface area contributed by atoms with Gasteiger partial charge in [-0.3, -0.25) is 0 Å². The molecule has 1 rings (SSSR count). The molecule has 1 N–H and O–H groups in total. The van der Waals surface area contributed by atoms with Gasteiger partial charge in [0.1, 0.15) is 11.6 Å². The second-order valence-corrected chi connectivity index (χ2v) is 2.59. The number of H-pyrrole nitrogens is 1. The molecule has 12 heavy (non-hydrogen) atoms. The molecule has 0 spiro atoms. The number of ether oxygens (including phenoxy) is 1. The number of hydrogen-bond acceptors (Lipinski definition) is 1. The van der Waals surface area contributed by atoms with E-state index in [0.29, 0.717) is 11.6 Å². The molecule has 0 aromatic carbocycles. The Morgan fingerprint density at radius 1 is 1.75 bits per heavy atom. The second-order valence-electron chi connectivity index (χ2n) is 2.32. The lowest BCUT2D eigenvalue weighted by Crippen LogP contribution is -2.11. The molecule has 0 aliphatic rings. The highest BCUT2D eigenvalue weighted by molar-refractivity contribution is 6.17. The number of aromatic amines is 1. The van der Waals surface area contributed by atoms with Crippen LogP contribution in [0.15, 0.2) is 24.9 Å². The Morgan fingerprint density at radius 3 is 3.08 bits per heavy atom. The van der Waals surface area contributed by atoms with Gasteiger partial charge in [0.05, 0.1) is 12.7 Å². The largest absolute Gasteiger partial charge is 0.497 e. The van der Waals surface area contributed by atoms with Crippen molar-refractivity contribution in [1.29, 1.82) is 0 Å². The normalized spacial score (nSPS) is 9.50. The van der Waals surface area contributed by atoms with E-state index in [1.807, 2.05) is 18.3 Å². The average molecular weight is 185 g/mol. The Labute approximate surface area is 76.8 Å². The predicted octanol–water partition coefficient (Wildman–Crippen LogP) is 1.86. The maximum atomic E-state index is 5.71. The predicted molar refractivity (Wildman–Crippen MR) is 48.6 cm³/mol. The molecule has 64 valence electrons. The first-order valence-electron chi connectivity index (χ1n) is 3.58. The van der Waals surface area contributed by atoms with Crippen LogP contribution in [0.1, 0.15) is 11.3 Å². The van der Waals surface area contributed by atoms with Gasteiger partial charge < -0.3 is 4.74 Å². The van der Waals surface area contributed by atoms with Crippen LogP contribution >= 0.6 is 11.6 Å². The zero-order valence-electron chi connectivity index (χ0n) is 6.93. The molecule has 0 aliphatic heterocycles. The molecule has 1 heterocycles. The van der Waals surface area contributed by atoms with Crippen molar-refractivity contribution in [2.75, 3.05) is 7.11 Å². The summed E-state index contributed by atoms with van der Waals surface area (Å²) in [5, 5.41) is 0. The lowest BCUT2D eigenvalue weighted by molar-refractivity contribution is -0.388. The molecule has 0 saturated carbocycles. The molecular weight excluding hydrogens is 174 g/mol. The summed E-state index contributed by atoms with van der Waals surface area (Å²) in [5.74, 6) is 1.06. The lowest BCUT2D eigenvalue weighted by atomic mass is 10.2. The van der Waals surface area contributed by atoms with Crippen molar-refractivity contribution in [2.45, 2.75) is 5.88 Å². The Hall–Kier alpha value is -1.02. The van der Waals surface area contributed by atoms with Crippen LogP contribution in [-0.2, 0) is 10.6 Å². The van der Waals surface area contributed by atoms with E-state index in [2.05, 4.69) is 11.6 Å². The van der Waals surface area contributed by atoms with Crippen molar-refractivity contribution in [3.8, 4) is 0 Å². The van der Waals surface area contributed by atoms with Gasteiger partial charge in [-0.25, -0.2) is 4.98 Å². The van der Waals surface area contributed by atoms with Gasteiger partial charge in [0.25, 0.3) is 0 Å². The minimum atomic E-state index is 0.429. The summed E-state index contributed by atoms with van der Waals surface area (Å²) in [5.41, 5.74) is 1.85. The van der Waals surface area contributed by atoms with Crippen molar-refractivity contribution in [3.05, 3.63) is 36.2 Å². The van der Waals surface area contributed by atoms with E-state index in [-0.39, 0.29) is 0 Å². The Bertz CT molecular complexity index is 286. The molecule has 1 aromatic heterocycles. The number of methoxy groups -OCH3 is 1. The minimum absolute atomic E-state index is 0.429. The van der Waals surface area contributed by atoms with Gasteiger partial charge in [-0.1, -0.05) is 6.58 Å². The molecule has 2 nitrogen and oxygen atoms in total. The summed E-state index contributed by atoms with van der Waals surface area (Å²) in [6.07, 6.45) is 1.82. The van der Waals surface area contributed by atoms with E-state index >= 15 is 0 Å². The minimum Gasteiger partial charge on any atom is -0.497 e. The monoisotopic (exact) mass is 184 g/mol. The summed E-state index contributed by atoms with van der Waals surface area (Å²) >= 11 is 5.71. The molecule has 0 amide bonds. The van der Waals surface area contributed by atoms with Gasteiger partial charge >= 0.3 is 0 Å². The van der Waals surface area contributed by atoms with Gasteiger partial charge in [0.15, 0.2) is 6.20 Å². The van der Waals surface area contributed by atoms with Gasteiger partial charge in [0.2, 0.25) is 5.69 Å². The average Bonchev–Trinajstić information content (AvgIpc) is 2.16. The fourth-order valence-electron chi connectivity index (χ4n) is 0.953. The van der Waals surface area contributed by atoms with Crippen LogP contribution < -0.4 is 4.98 Å². The summed E-state index contributed by atoms with van der Waals surface area (Å²) < 4.78 is 5.01. The molecule has 0 unspecified atom stereocenters. The van der Waals surface area contributed by atoms with E-state index < -0.39 is 0 Å². The van der Waals surface area contributed by atoms with Crippen LogP contribution in [0.5, 0.6) is 0 Å². The number of nitrogens with one attached hydrogen (secondary N) is 1. The van der Waals surface area contributed by atoms with Crippen LogP contribution in [0, 0.1) is 0 Å². The number of rotatable bonds is 3. The SMILES string of the molecule is C=C(OC)c1ccc[nH+]c1CCl. The topological polar surface area (TPSA) is 23.4 Å². The third-order valence-corrected chi connectivity index (χ3v) is 1.89. The molecular formula is C9H11ClNO+. The fraction of sp³-hybridized carbons (Fsp3) is 0.222. The highest BCUT2D eigenvalue weighted by Gasteiger charge is 2.10. The van der Waals surface area contributed by atoms with E-state index in [0.717, 1.165) is 11.3 Å². The Morgan fingerprint density at radius 2 is 2.50 bits per heavy atom. The number of aromatic nitrogens is 1. The van der Waals surface area contributed by atoms with Crippen LogP contribution in [0.25, 0.3) is 5.76 Å². The Kier molecular flexibility index (Phi) is 3.11. The van der Waals surface area contributed by atoms with Crippen LogP contribution in [0.3, 0.4) is 0 Å². The first kappa shape index (κ1) is 9.07. The van der Waals surface area contributed by atoms with E-state index in [1.165, 1.54) is 0 Å². The molecule has 1 aromatic rings. The molecule has 0 fully saturated rings. The summed E-state index contributed by atoms with van der Waals surface area (Å²) in [6, 6.07) is 3.80. The summed E-state index contributed by atoms with van der Waals surface area (Å²) in [6.45, 7) is 3.75. The summed E-state index contributed by atoms with van der Waals surface area (Å²) in [4.78, 5) is 3.03. The molecule has 0 bridgehead atoms. The standard InChI is InChI=1S/C9H10ClNO/c1-7(12-2)8-4-3-5-11-9(8)6-10/h3-5H,1,6H2,2H3/p+1. The third-order valence-electron chi connectivity index (χ3n) is 1.62. The van der Waals surface area contributed by atoms with Crippen LogP contribution in [-0.4, -0.2) is 7.11 Å². The molecule has 0 aliphatic carbocycles. The molecule has 3 heteroatoms. The third kappa shape index (κ3) is 1.77. The van der Waals surface area contributed by atoms with Crippen molar-refractivity contribution < 1.29 is 9.72 Å². The van der Waals surface area contributed by atoms with Gasteiger partial charge in [-0.15, -0.1) is 11.6 Å². The van der Waals surface area contributed by atoms with E-state index in [4.69, 9.17) is 16.3 Å². The molecule has 0 saturated heterocycles. The van der Waals surface area contributed by atoms with Crippen molar-refractivity contribution in [3.63, 3.8) is 0 Å². The lowest BCUT2D eigenvalue weighted by Gasteiger charge is -2.03. The van der Waals surface area contributed by atoms with Gasteiger partial charge in [-0.05, 0) is 6.07 Å². The van der Waals surface area contributed by atoms with Crippen LogP contribution in [0.4, 0.5) is 0 Å². The molecule has 0 radical (unpaired) electrons. The number of halogens is 1. The second kappa shape index (κ2) is 4.12. The van der Waals surface area contributed by atoms with E-state index in [1.54, 1.807) is 7.11 Å². The first-order valence-corrected chi connectivity index (χ1v) is 4.12. The molecule has 0 atom stereocenters. The highest BCUT2D eigenvalue weighted by Crippen LogP contribution is 2.15. The Balaban J connectivity index is 3.04. The zero-order valence-corrected chi connectivity index (χ0v) is 7.69. The highest BCUT2D eigenvalue weighted by atomic mass is 35.5. The van der Waals surface area contributed by atoms with Gasteiger partial charge in [0, 0.05) is 6.07 Å². The number of alkyl halides is 1. The van der Waals surface area contributed by atoms with Crippen molar-refractivity contribution in [1.82, 2.24) is 0 Å². The van der Waals surface area contributed by atoms with E-state index in [9.17, 15) is 0 Å². The van der Waals surface area contributed by atoms with Crippen molar-refractivity contribution >= 4 is 17.4 Å². The van der Waals surface area contributed by atoms with Gasteiger partial charge in [-0.2, -0.15) is 0 Å². The zero-order chi connectivity index (χ0) is 8.97. The van der Waals surface area contributed by atoms with Crippen molar-refractivity contribution in [2.24, 2.45) is 0 Å². The number of pyridine rings is 1. The summed E-state index contributed by atoms with van der Waals surface area (Å²) in [7, 11) is 1.59.